The van der Waals surface area contributed by atoms with E-state index in [-0.39, 0.29) is 0 Å². The summed E-state index contributed by atoms with van der Waals surface area (Å²) in [5, 5.41) is 4.70. The Bertz CT molecular complexity index is 617. The maximum atomic E-state index is 2.53. The summed E-state index contributed by atoms with van der Waals surface area (Å²) < 4.78 is 0. The molecule has 0 amide bonds. The highest BCUT2D eigenvalue weighted by molar-refractivity contribution is 7.07. The zero-order valence-electron chi connectivity index (χ0n) is 16.0. The number of allylic oxidation sites excluding steroid dienone is 2. The van der Waals surface area contributed by atoms with Gasteiger partial charge in [0.25, 0.3) is 0 Å². The van der Waals surface area contributed by atoms with E-state index in [1.807, 2.05) is 0 Å². The second-order valence-electron chi connectivity index (χ2n) is 6.87. The molecule has 2 aromatic rings. The van der Waals surface area contributed by atoms with Gasteiger partial charge in [0.1, 0.15) is 8.07 Å². The van der Waals surface area contributed by atoms with Crippen molar-refractivity contribution in [3.63, 3.8) is 0 Å². The van der Waals surface area contributed by atoms with Crippen molar-refractivity contribution in [1.82, 2.24) is 0 Å². The lowest BCUT2D eigenvalue weighted by Gasteiger charge is -2.33. The predicted molar refractivity (Wildman–Crippen MR) is 113 cm³/mol. The fourth-order valence-corrected chi connectivity index (χ4v) is 8.05. The third-order valence-electron chi connectivity index (χ3n) is 5.79. The van der Waals surface area contributed by atoms with E-state index in [0.29, 0.717) is 6.71 Å². The molecule has 0 nitrogen and oxygen atoms in total. The molecular formula is C22H31BSi. The van der Waals surface area contributed by atoms with Gasteiger partial charge in [-0.1, -0.05) is 106 Å². The van der Waals surface area contributed by atoms with Crippen LogP contribution in [0.25, 0.3) is 0 Å². The topological polar surface area (TPSA) is 0 Å². The molecule has 0 spiro atoms. The van der Waals surface area contributed by atoms with Crippen LogP contribution in [0.2, 0.25) is 19.2 Å². The first-order chi connectivity index (χ1) is 11.6. The van der Waals surface area contributed by atoms with E-state index in [1.54, 1.807) is 10.7 Å². The Morgan fingerprint density at radius 3 is 1.54 bits per heavy atom. The minimum absolute atomic E-state index is 0.717. The van der Waals surface area contributed by atoms with Crippen LogP contribution in [0.1, 0.15) is 34.1 Å². The van der Waals surface area contributed by atoms with E-state index in [0.717, 1.165) is 0 Å². The summed E-state index contributed by atoms with van der Waals surface area (Å²) in [4.78, 5) is 0. The van der Waals surface area contributed by atoms with Crippen LogP contribution in [0.3, 0.4) is 0 Å². The van der Waals surface area contributed by atoms with E-state index in [1.165, 1.54) is 29.4 Å². The molecule has 2 aromatic carbocycles. The lowest BCUT2D eigenvalue weighted by atomic mass is 9.40. The van der Waals surface area contributed by atoms with Gasteiger partial charge in [-0.15, -0.1) is 5.47 Å². The van der Waals surface area contributed by atoms with Gasteiger partial charge < -0.3 is 0 Å². The van der Waals surface area contributed by atoms with Gasteiger partial charge in [0.2, 0.25) is 0 Å². The molecule has 24 heavy (non-hydrogen) atoms. The molecule has 0 fully saturated rings. The first-order valence-electron chi connectivity index (χ1n) is 9.40. The molecule has 2 rings (SSSR count). The maximum Gasteiger partial charge on any atom is 0.169 e. The molecule has 0 saturated heterocycles. The van der Waals surface area contributed by atoms with Crippen molar-refractivity contribution in [1.29, 1.82) is 0 Å². The van der Waals surface area contributed by atoms with Gasteiger partial charge in [-0.3, -0.25) is 0 Å². The van der Waals surface area contributed by atoms with E-state index in [9.17, 15) is 0 Å². The summed E-state index contributed by atoms with van der Waals surface area (Å²) in [6, 6.07) is 22.4. The molecule has 0 heterocycles. The van der Waals surface area contributed by atoms with E-state index in [2.05, 4.69) is 94.9 Å². The minimum Gasteiger partial charge on any atom is -0.105 e. The molecule has 0 unspecified atom stereocenters. The molecule has 0 atom stereocenters. The summed E-state index contributed by atoms with van der Waals surface area (Å²) >= 11 is 0. The van der Waals surface area contributed by atoms with Crippen LogP contribution < -0.4 is 10.4 Å². The third-order valence-corrected chi connectivity index (χ3v) is 10.6. The van der Waals surface area contributed by atoms with Crippen LogP contribution in [-0.2, 0) is 0 Å². The predicted octanol–water partition coefficient (Wildman–Crippen LogP) is 5.22. The van der Waals surface area contributed by atoms with Crippen LogP contribution in [0.4, 0.5) is 0 Å². The van der Waals surface area contributed by atoms with Crippen molar-refractivity contribution >= 4 is 25.2 Å². The maximum absolute atomic E-state index is 2.53. The third kappa shape index (κ3) is 3.59. The van der Waals surface area contributed by atoms with Crippen molar-refractivity contribution in [3.05, 3.63) is 71.3 Å². The summed E-state index contributed by atoms with van der Waals surface area (Å²) in [6.07, 6.45) is 3.65. The molecule has 2 heteroatoms. The molecule has 0 bridgehead atoms. The van der Waals surface area contributed by atoms with E-state index >= 15 is 0 Å². The van der Waals surface area contributed by atoms with Crippen molar-refractivity contribution in [2.45, 2.75) is 53.3 Å². The van der Waals surface area contributed by atoms with E-state index < -0.39 is 8.07 Å². The van der Waals surface area contributed by atoms with Gasteiger partial charge in [-0.05, 0) is 23.7 Å². The van der Waals surface area contributed by atoms with Crippen molar-refractivity contribution < 1.29 is 0 Å². The molecule has 0 aliphatic heterocycles. The van der Waals surface area contributed by atoms with Crippen LogP contribution in [0.5, 0.6) is 0 Å². The highest BCUT2D eigenvalue weighted by Gasteiger charge is 2.36. The number of benzene rings is 2. The summed E-state index contributed by atoms with van der Waals surface area (Å²) in [5.74, 6) is 0. The summed E-state index contributed by atoms with van der Waals surface area (Å²) in [5.41, 5.74) is 1.70. The Morgan fingerprint density at radius 1 is 0.792 bits per heavy atom. The fraction of sp³-hybridized carbons (Fsp3) is 0.364. The van der Waals surface area contributed by atoms with Gasteiger partial charge in [-0.25, -0.2) is 0 Å². The van der Waals surface area contributed by atoms with Gasteiger partial charge in [0.15, 0.2) is 6.71 Å². The highest BCUT2D eigenvalue weighted by atomic mass is 28.3. The largest absolute Gasteiger partial charge is 0.169 e. The number of hydrogen-bond donors (Lipinski definition) is 0. The van der Waals surface area contributed by atoms with Gasteiger partial charge >= 0.3 is 0 Å². The smallest absolute Gasteiger partial charge is 0.105 e. The van der Waals surface area contributed by atoms with Gasteiger partial charge in [0, 0.05) is 0 Å². The van der Waals surface area contributed by atoms with Crippen LogP contribution in [-0.4, -0.2) is 14.8 Å². The second-order valence-corrected chi connectivity index (χ2v) is 11.0. The summed E-state index contributed by atoms with van der Waals surface area (Å²) in [6.45, 7) is 12.7. The first kappa shape index (κ1) is 18.8. The van der Waals surface area contributed by atoms with Crippen LogP contribution >= 0.6 is 0 Å². The normalized spacial score (nSPS) is 12.7. The summed E-state index contributed by atoms with van der Waals surface area (Å²) in [7, 11) is -1.90. The molecule has 0 aliphatic carbocycles. The monoisotopic (exact) mass is 334 g/mol. The lowest BCUT2D eigenvalue weighted by Crippen LogP contribution is -2.57. The zero-order valence-corrected chi connectivity index (χ0v) is 17.0. The highest BCUT2D eigenvalue weighted by Crippen LogP contribution is 2.25. The number of hydrogen-bond acceptors (Lipinski definition) is 0. The molecular weight excluding hydrogens is 303 g/mol. The Hall–Kier alpha value is -1.54. The zero-order chi connectivity index (χ0) is 17.6. The molecule has 0 saturated carbocycles. The molecule has 0 aliphatic rings. The van der Waals surface area contributed by atoms with Crippen molar-refractivity contribution in [3.8, 4) is 0 Å². The Balaban J connectivity index is 2.71. The van der Waals surface area contributed by atoms with Crippen LogP contribution in [0.15, 0.2) is 71.3 Å². The molecule has 0 N–H and O–H groups in total. The molecule has 126 valence electrons. The molecule has 0 aromatic heterocycles. The standard InChI is InChI=1S/C22H31BSi/c1-6-22(23(7-2)8-3)19(4)24(5,20-15-11-9-12-16-20)21-17-13-10-14-18-21/h9-18H,6-8H2,1-5H3/b22-19-. The lowest BCUT2D eigenvalue weighted by molar-refractivity contribution is 1.13. The second kappa shape index (κ2) is 8.53. The SMILES string of the molecule is CCB(CC)/C(CC)=C(/C)[Si](C)(c1ccccc1)c1ccccc1. The Labute approximate surface area is 150 Å². The Kier molecular flexibility index (Phi) is 6.68. The first-order valence-corrected chi connectivity index (χ1v) is 11.9. The van der Waals surface area contributed by atoms with Gasteiger partial charge in [0.05, 0.1) is 0 Å². The van der Waals surface area contributed by atoms with Crippen molar-refractivity contribution in [2.24, 2.45) is 0 Å². The Morgan fingerprint density at radius 2 is 1.21 bits per heavy atom. The average molecular weight is 334 g/mol. The quantitative estimate of drug-likeness (QED) is 0.609. The van der Waals surface area contributed by atoms with Gasteiger partial charge in [-0.2, -0.15) is 0 Å². The minimum atomic E-state index is -1.90. The fourth-order valence-electron chi connectivity index (χ4n) is 4.11. The number of rotatable bonds is 7. The van der Waals surface area contributed by atoms with Crippen molar-refractivity contribution in [2.75, 3.05) is 0 Å². The van der Waals surface area contributed by atoms with E-state index in [4.69, 9.17) is 0 Å². The molecule has 0 radical (unpaired) electrons. The average Bonchev–Trinajstić information content (AvgIpc) is 2.66. The van der Waals surface area contributed by atoms with Crippen LogP contribution in [0, 0.1) is 0 Å².